The van der Waals surface area contributed by atoms with Gasteiger partial charge in [0, 0.05) is 11.1 Å². The summed E-state index contributed by atoms with van der Waals surface area (Å²) in [4.78, 5) is 23.7. The molecule has 0 aliphatic carbocycles. The second-order valence-electron chi connectivity index (χ2n) is 5.72. The van der Waals surface area contributed by atoms with Crippen LogP contribution in [0, 0.1) is 0 Å². The van der Waals surface area contributed by atoms with E-state index in [9.17, 15) is 9.59 Å². The number of nitrogens with two attached hydrogens (primary N) is 1. The first kappa shape index (κ1) is 16.4. The second-order valence-corrected chi connectivity index (χ2v) is 5.72. The van der Waals surface area contributed by atoms with Crippen molar-refractivity contribution in [2.75, 3.05) is 5.01 Å². The van der Waals surface area contributed by atoms with Crippen molar-refractivity contribution in [3.63, 3.8) is 0 Å². The number of benzene rings is 1. The number of H-pyrrole nitrogens is 1. The molecular weight excluding hydrogens is 350 g/mol. The highest BCUT2D eigenvalue weighted by molar-refractivity contribution is 6.31. The van der Waals surface area contributed by atoms with Gasteiger partial charge in [0.15, 0.2) is 0 Å². The number of hydrogen-bond acceptors (Lipinski definition) is 7. The molecule has 3 aromatic rings. The minimum atomic E-state index is -0.493. The first-order chi connectivity index (χ1) is 13.0. The maximum atomic E-state index is 12.5. The van der Waals surface area contributed by atoms with Gasteiger partial charge in [-0.05, 0) is 42.5 Å². The Hall–Kier alpha value is -4.08. The van der Waals surface area contributed by atoms with E-state index in [0.29, 0.717) is 28.4 Å². The van der Waals surface area contributed by atoms with Gasteiger partial charge in [0.25, 0.3) is 11.9 Å². The first-order valence-corrected chi connectivity index (χ1v) is 7.88. The number of primary amides is 1. The van der Waals surface area contributed by atoms with Gasteiger partial charge in [0.05, 0.1) is 11.3 Å². The lowest BCUT2D eigenvalue weighted by Gasteiger charge is -2.04. The fourth-order valence-electron chi connectivity index (χ4n) is 2.59. The van der Waals surface area contributed by atoms with Gasteiger partial charge in [-0.3, -0.25) is 9.59 Å². The number of amides is 2. The fraction of sp³-hybridized carbons (Fsp3) is 0.0588. The van der Waals surface area contributed by atoms with Crippen LogP contribution in [0.1, 0.15) is 23.0 Å². The van der Waals surface area contributed by atoms with E-state index in [1.165, 1.54) is 0 Å². The summed E-state index contributed by atoms with van der Waals surface area (Å²) >= 11 is 0. The van der Waals surface area contributed by atoms with E-state index in [0.717, 1.165) is 10.6 Å². The minimum Gasteiger partial charge on any atom is -0.457 e. The lowest BCUT2D eigenvalue weighted by atomic mass is 10.1. The number of rotatable bonds is 4. The summed E-state index contributed by atoms with van der Waals surface area (Å²) in [5.74, 6) is 0.270. The molecule has 4 rings (SSSR count). The Labute approximate surface area is 152 Å². The molecule has 0 fully saturated rings. The van der Waals surface area contributed by atoms with Gasteiger partial charge in [-0.25, -0.2) is 0 Å². The van der Waals surface area contributed by atoms with E-state index in [1.807, 2.05) is 0 Å². The van der Waals surface area contributed by atoms with Crippen molar-refractivity contribution in [2.24, 2.45) is 10.8 Å². The van der Waals surface area contributed by atoms with E-state index in [-0.39, 0.29) is 11.9 Å². The van der Waals surface area contributed by atoms with Crippen LogP contribution >= 0.6 is 0 Å². The maximum absolute atomic E-state index is 12.5. The number of tetrazole rings is 1. The number of hydrogen-bond donors (Lipinski definition) is 2. The highest BCUT2D eigenvalue weighted by Gasteiger charge is 2.31. The molecule has 0 saturated carbocycles. The molecule has 1 aliphatic heterocycles. The zero-order valence-electron chi connectivity index (χ0n) is 14.1. The number of aromatic nitrogens is 4. The summed E-state index contributed by atoms with van der Waals surface area (Å²) in [6.45, 7) is 1.70. The van der Waals surface area contributed by atoms with Crippen LogP contribution in [0.15, 0.2) is 51.5 Å². The van der Waals surface area contributed by atoms with Crippen LogP contribution < -0.4 is 10.7 Å². The molecule has 0 atom stereocenters. The van der Waals surface area contributed by atoms with Crippen molar-refractivity contribution in [3.05, 3.63) is 53.3 Å². The van der Waals surface area contributed by atoms with E-state index >= 15 is 0 Å². The van der Waals surface area contributed by atoms with Crippen LogP contribution in [0.25, 0.3) is 17.4 Å². The average molecular weight is 363 g/mol. The summed E-state index contributed by atoms with van der Waals surface area (Å²) in [5.41, 5.74) is 7.31. The Balaban J connectivity index is 1.59. The van der Waals surface area contributed by atoms with Gasteiger partial charge in [-0.15, -0.1) is 5.10 Å². The molecule has 0 radical (unpaired) electrons. The van der Waals surface area contributed by atoms with Crippen LogP contribution in [0.5, 0.6) is 0 Å². The summed E-state index contributed by atoms with van der Waals surface area (Å²) in [7, 11) is 0. The molecule has 134 valence electrons. The smallest absolute Gasteiger partial charge is 0.293 e. The molecule has 0 unspecified atom stereocenters. The molecule has 2 aromatic heterocycles. The van der Waals surface area contributed by atoms with Gasteiger partial charge < -0.3 is 10.2 Å². The highest BCUT2D eigenvalue weighted by atomic mass is 16.3. The summed E-state index contributed by atoms with van der Waals surface area (Å²) in [5, 5.41) is 18.4. The number of furan rings is 1. The lowest BCUT2D eigenvalue weighted by Crippen LogP contribution is -2.22. The van der Waals surface area contributed by atoms with Gasteiger partial charge in [0.1, 0.15) is 11.5 Å². The third kappa shape index (κ3) is 2.99. The van der Waals surface area contributed by atoms with Crippen molar-refractivity contribution >= 4 is 29.6 Å². The second kappa shape index (κ2) is 6.33. The number of hydrazone groups is 1. The topological polar surface area (TPSA) is 143 Å². The minimum absolute atomic E-state index is 0.0671. The third-order valence-electron chi connectivity index (χ3n) is 3.95. The van der Waals surface area contributed by atoms with Crippen molar-refractivity contribution in [2.45, 2.75) is 6.92 Å². The molecule has 3 N–H and O–H groups in total. The SMILES string of the molecule is CC1=NN(c2nn[nH]n2)C(=O)/C1=C/c1ccc(-c2ccc(C(N)=O)cc2)o1. The molecule has 1 aromatic carbocycles. The fourth-order valence-corrected chi connectivity index (χ4v) is 2.59. The number of nitrogens with zero attached hydrogens (tertiary/aromatic N) is 5. The molecule has 3 heterocycles. The zero-order chi connectivity index (χ0) is 19.0. The van der Waals surface area contributed by atoms with E-state index in [4.69, 9.17) is 10.2 Å². The molecule has 0 bridgehead atoms. The molecule has 2 amide bonds. The third-order valence-corrected chi connectivity index (χ3v) is 3.95. The zero-order valence-corrected chi connectivity index (χ0v) is 14.1. The first-order valence-electron chi connectivity index (χ1n) is 7.88. The van der Waals surface area contributed by atoms with Gasteiger partial charge in [0.2, 0.25) is 5.91 Å². The molecule has 0 saturated heterocycles. The predicted octanol–water partition coefficient (Wildman–Crippen LogP) is 1.36. The monoisotopic (exact) mass is 363 g/mol. The number of nitrogens with one attached hydrogen (secondary N) is 1. The van der Waals surface area contributed by atoms with Crippen LogP contribution in [-0.2, 0) is 4.79 Å². The Morgan fingerprint density at radius 1 is 1.22 bits per heavy atom. The van der Waals surface area contributed by atoms with Crippen LogP contribution in [0.2, 0.25) is 0 Å². The number of carbonyl (C=O) groups excluding carboxylic acids is 2. The highest BCUT2D eigenvalue weighted by Crippen LogP contribution is 2.26. The van der Waals surface area contributed by atoms with Crippen molar-refractivity contribution in [1.82, 2.24) is 20.6 Å². The Morgan fingerprint density at radius 2 is 2.00 bits per heavy atom. The Bertz CT molecular complexity index is 1080. The standard InChI is InChI=1S/C17H13N7O3/c1-9-13(16(26)24(21-9)17-19-22-23-20-17)8-12-6-7-14(27-12)10-2-4-11(5-3-10)15(18)25/h2-8H,1H3,(H2,18,25)(H,19,20,22,23)/b13-8+. The van der Waals surface area contributed by atoms with Crippen molar-refractivity contribution < 1.29 is 14.0 Å². The molecule has 27 heavy (non-hydrogen) atoms. The largest absolute Gasteiger partial charge is 0.457 e. The number of aromatic amines is 1. The number of anilines is 1. The van der Waals surface area contributed by atoms with E-state index in [2.05, 4.69) is 25.7 Å². The van der Waals surface area contributed by atoms with Gasteiger partial charge in [-0.1, -0.05) is 17.2 Å². The Kier molecular flexibility index (Phi) is 3.84. The molecular formula is C17H13N7O3. The Morgan fingerprint density at radius 3 is 2.67 bits per heavy atom. The molecule has 10 nitrogen and oxygen atoms in total. The molecule has 10 heteroatoms. The normalized spacial score (nSPS) is 15.4. The van der Waals surface area contributed by atoms with Crippen LogP contribution in [-0.4, -0.2) is 38.2 Å². The van der Waals surface area contributed by atoms with Crippen molar-refractivity contribution in [1.29, 1.82) is 0 Å². The summed E-state index contributed by atoms with van der Waals surface area (Å²) in [6.07, 6.45) is 1.60. The predicted molar refractivity (Wildman–Crippen MR) is 95.4 cm³/mol. The average Bonchev–Trinajstić information content (AvgIpc) is 3.39. The van der Waals surface area contributed by atoms with Crippen molar-refractivity contribution in [3.8, 4) is 11.3 Å². The summed E-state index contributed by atoms with van der Waals surface area (Å²) < 4.78 is 5.79. The van der Waals surface area contributed by atoms with Gasteiger partial charge >= 0.3 is 0 Å². The maximum Gasteiger partial charge on any atom is 0.293 e. The molecule has 0 spiro atoms. The molecule has 1 aliphatic rings. The number of carbonyl (C=O) groups is 2. The van der Waals surface area contributed by atoms with Crippen LogP contribution in [0.3, 0.4) is 0 Å². The van der Waals surface area contributed by atoms with E-state index in [1.54, 1.807) is 49.4 Å². The lowest BCUT2D eigenvalue weighted by molar-refractivity contribution is -0.114. The van der Waals surface area contributed by atoms with Crippen LogP contribution in [0.4, 0.5) is 5.95 Å². The van der Waals surface area contributed by atoms with E-state index < -0.39 is 5.91 Å². The van der Waals surface area contributed by atoms with Gasteiger partial charge in [-0.2, -0.15) is 15.3 Å². The summed E-state index contributed by atoms with van der Waals surface area (Å²) in [6, 6.07) is 10.2. The quantitative estimate of drug-likeness (QED) is 0.670.